The average molecular weight is 407 g/mol. The van der Waals surface area contributed by atoms with E-state index in [9.17, 15) is 23.4 Å². The second-order valence-electron chi connectivity index (χ2n) is 9.13. The molecule has 1 aliphatic carbocycles. The Hall–Kier alpha value is -1.92. The molecule has 1 aromatic carbocycles. The van der Waals surface area contributed by atoms with Crippen LogP contribution in [0.15, 0.2) is 24.3 Å². The number of aliphatic hydroxyl groups is 2. The van der Waals surface area contributed by atoms with Crippen LogP contribution in [0.3, 0.4) is 0 Å². The van der Waals surface area contributed by atoms with E-state index in [-0.39, 0.29) is 11.3 Å². The molecule has 0 aliphatic heterocycles. The van der Waals surface area contributed by atoms with Gasteiger partial charge in [-0.15, -0.1) is 0 Å². The van der Waals surface area contributed by atoms with Crippen LogP contribution in [0.1, 0.15) is 91.4 Å². The predicted molar refractivity (Wildman–Crippen MR) is 106 cm³/mol. The summed E-state index contributed by atoms with van der Waals surface area (Å²) in [6, 6.07) is 4.56. The van der Waals surface area contributed by atoms with Gasteiger partial charge in [-0.25, -0.2) is 0 Å². The van der Waals surface area contributed by atoms with E-state index in [1.54, 1.807) is 0 Å². The molecular formula is C23H28F3NO2. The highest BCUT2D eigenvalue weighted by atomic mass is 19.4. The summed E-state index contributed by atoms with van der Waals surface area (Å²) in [4.78, 5) is 4.82. The molecule has 1 aliphatic rings. The van der Waals surface area contributed by atoms with Crippen LogP contribution < -0.4 is 0 Å². The summed E-state index contributed by atoms with van der Waals surface area (Å²) in [7, 11) is 0. The van der Waals surface area contributed by atoms with E-state index in [1.165, 1.54) is 12.1 Å². The van der Waals surface area contributed by atoms with Crippen LogP contribution in [0.5, 0.6) is 0 Å². The second-order valence-corrected chi connectivity index (χ2v) is 9.13. The molecule has 2 aromatic rings. The van der Waals surface area contributed by atoms with Crippen LogP contribution in [-0.4, -0.2) is 15.2 Å². The van der Waals surface area contributed by atoms with E-state index in [0.717, 1.165) is 41.1 Å². The van der Waals surface area contributed by atoms with Gasteiger partial charge in [0.15, 0.2) is 0 Å². The van der Waals surface area contributed by atoms with Gasteiger partial charge >= 0.3 is 6.18 Å². The molecule has 1 heterocycles. The topological polar surface area (TPSA) is 53.4 Å². The van der Waals surface area contributed by atoms with E-state index in [2.05, 4.69) is 13.8 Å². The molecule has 0 saturated carbocycles. The lowest BCUT2D eigenvalue weighted by molar-refractivity contribution is -0.137. The molecule has 3 nitrogen and oxygen atoms in total. The maximum Gasteiger partial charge on any atom is 0.416 e. The lowest BCUT2D eigenvalue weighted by atomic mass is 9.72. The van der Waals surface area contributed by atoms with Crippen molar-refractivity contribution < 1.29 is 23.4 Å². The number of halogens is 3. The van der Waals surface area contributed by atoms with E-state index in [1.807, 2.05) is 20.8 Å². The van der Waals surface area contributed by atoms with Crippen LogP contribution >= 0.6 is 0 Å². The summed E-state index contributed by atoms with van der Waals surface area (Å²) in [5, 5.41) is 21.8. The SMILES string of the molecule is Cc1c2c(nc(C(C)C)c1[C@@H](O)c1ccc(C(F)(F)F)cc1)CC(C)(C)CC2O. The van der Waals surface area contributed by atoms with Gasteiger partial charge in [-0.2, -0.15) is 13.2 Å². The molecule has 2 N–H and O–H groups in total. The van der Waals surface area contributed by atoms with Crippen molar-refractivity contribution in [1.82, 2.24) is 4.98 Å². The summed E-state index contributed by atoms with van der Waals surface area (Å²) >= 11 is 0. The molecule has 2 atom stereocenters. The van der Waals surface area contributed by atoms with Crippen LogP contribution in [0.2, 0.25) is 0 Å². The normalized spacial score (nSPS) is 19.9. The molecule has 1 aromatic heterocycles. The Labute approximate surface area is 169 Å². The quantitative estimate of drug-likeness (QED) is 0.694. The standard InChI is InChI=1S/C23H28F3NO2/c1-12(2)20-19(21(29)14-6-8-15(9-7-14)23(24,25)26)13(3)18-16(27-20)10-22(4,5)11-17(18)28/h6-9,12,17,21,28-29H,10-11H2,1-5H3/t17?,21-/m0/s1. The number of benzene rings is 1. The van der Waals surface area contributed by atoms with Crippen molar-refractivity contribution in [2.45, 2.75) is 71.8 Å². The molecule has 1 unspecified atom stereocenters. The Morgan fingerprint density at radius 3 is 2.24 bits per heavy atom. The minimum Gasteiger partial charge on any atom is -0.388 e. The number of pyridine rings is 1. The molecular weight excluding hydrogens is 379 g/mol. The minimum atomic E-state index is -4.42. The lowest BCUT2D eigenvalue weighted by Gasteiger charge is -2.36. The molecule has 0 spiro atoms. The van der Waals surface area contributed by atoms with E-state index in [0.29, 0.717) is 17.5 Å². The number of rotatable bonds is 3. The fourth-order valence-corrected chi connectivity index (χ4v) is 4.35. The summed E-state index contributed by atoms with van der Waals surface area (Å²) in [6.07, 6.45) is -4.89. The van der Waals surface area contributed by atoms with E-state index in [4.69, 9.17) is 4.98 Å². The Balaban J connectivity index is 2.12. The van der Waals surface area contributed by atoms with Crippen LogP contribution in [-0.2, 0) is 12.6 Å². The molecule has 0 radical (unpaired) electrons. The third-order valence-electron chi connectivity index (χ3n) is 5.75. The number of hydrogen-bond acceptors (Lipinski definition) is 3. The smallest absolute Gasteiger partial charge is 0.388 e. The zero-order chi connectivity index (χ0) is 21.7. The summed E-state index contributed by atoms with van der Waals surface area (Å²) < 4.78 is 38.6. The Kier molecular flexibility index (Phi) is 5.56. The van der Waals surface area contributed by atoms with Gasteiger partial charge in [0.25, 0.3) is 0 Å². The van der Waals surface area contributed by atoms with E-state index >= 15 is 0 Å². The minimum absolute atomic E-state index is 0.0141. The highest BCUT2D eigenvalue weighted by Crippen LogP contribution is 2.44. The zero-order valence-corrected chi connectivity index (χ0v) is 17.4. The van der Waals surface area contributed by atoms with Gasteiger partial charge in [-0.3, -0.25) is 4.98 Å². The summed E-state index contributed by atoms with van der Waals surface area (Å²) in [5.74, 6) is 0.0141. The largest absolute Gasteiger partial charge is 0.416 e. The van der Waals surface area contributed by atoms with Gasteiger partial charge in [0.2, 0.25) is 0 Å². The van der Waals surface area contributed by atoms with Crippen molar-refractivity contribution in [3.63, 3.8) is 0 Å². The molecule has 0 amide bonds. The van der Waals surface area contributed by atoms with Crippen molar-refractivity contribution in [2.75, 3.05) is 0 Å². The number of nitrogens with zero attached hydrogens (tertiary/aromatic N) is 1. The van der Waals surface area contributed by atoms with Crippen molar-refractivity contribution in [2.24, 2.45) is 5.41 Å². The highest BCUT2D eigenvalue weighted by molar-refractivity contribution is 5.48. The van der Waals surface area contributed by atoms with Crippen LogP contribution in [0.25, 0.3) is 0 Å². The first-order valence-electron chi connectivity index (χ1n) is 9.88. The zero-order valence-electron chi connectivity index (χ0n) is 17.4. The van der Waals surface area contributed by atoms with Crippen molar-refractivity contribution in [3.8, 4) is 0 Å². The first kappa shape index (κ1) is 21.8. The van der Waals surface area contributed by atoms with E-state index < -0.39 is 23.9 Å². The Morgan fingerprint density at radius 2 is 1.72 bits per heavy atom. The fraction of sp³-hybridized carbons (Fsp3) is 0.522. The number of fused-ring (bicyclic) bond motifs is 1. The van der Waals surface area contributed by atoms with Crippen LogP contribution in [0, 0.1) is 12.3 Å². The summed E-state index contributed by atoms with van der Waals surface area (Å²) in [6.45, 7) is 9.99. The monoisotopic (exact) mass is 407 g/mol. The highest BCUT2D eigenvalue weighted by Gasteiger charge is 2.36. The molecule has 158 valence electrons. The molecule has 3 rings (SSSR count). The first-order chi connectivity index (χ1) is 13.3. The van der Waals surface area contributed by atoms with Crippen molar-refractivity contribution in [1.29, 1.82) is 0 Å². The molecule has 0 saturated heterocycles. The molecule has 0 fully saturated rings. The van der Waals surface area contributed by atoms with Gasteiger partial charge in [0, 0.05) is 22.5 Å². The number of aromatic nitrogens is 1. The number of aliphatic hydroxyl groups excluding tert-OH is 2. The maximum absolute atomic E-state index is 12.9. The lowest BCUT2D eigenvalue weighted by Crippen LogP contribution is -2.29. The van der Waals surface area contributed by atoms with Gasteiger partial charge in [-0.05, 0) is 54.4 Å². The fourth-order valence-electron chi connectivity index (χ4n) is 4.35. The Bertz CT molecular complexity index is 902. The molecule has 29 heavy (non-hydrogen) atoms. The second kappa shape index (κ2) is 7.40. The average Bonchev–Trinajstić information content (AvgIpc) is 2.58. The van der Waals surface area contributed by atoms with Crippen molar-refractivity contribution >= 4 is 0 Å². The van der Waals surface area contributed by atoms with Crippen LogP contribution in [0.4, 0.5) is 13.2 Å². The number of alkyl halides is 3. The Morgan fingerprint density at radius 1 is 1.14 bits per heavy atom. The third-order valence-corrected chi connectivity index (χ3v) is 5.75. The summed E-state index contributed by atoms with van der Waals surface area (Å²) in [5.41, 5.74) is 3.21. The first-order valence-corrected chi connectivity index (χ1v) is 9.88. The van der Waals surface area contributed by atoms with Gasteiger partial charge in [0.1, 0.15) is 6.10 Å². The van der Waals surface area contributed by atoms with Gasteiger partial charge in [-0.1, -0.05) is 39.8 Å². The molecule has 0 bridgehead atoms. The number of hydrogen-bond donors (Lipinski definition) is 2. The maximum atomic E-state index is 12.9. The predicted octanol–water partition coefficient (Wildman–Crippen LogP) is 5.62. The molecule has 6 heteroatoms. The van der Waals surface area contributed by atoms with Gasteiger partial charge < -0.3 is 10.2 Å². The van der Waals surface area contributed by atoms with Gasteiger partial charge in [0.05, 0.1) is 11.7 Å². The van der Waals surface area contributed by atoms with Crippen molar-refractivity contribution in [3.05, 3.63) is 63.5 Å². The third kappa shape index (κ3) is 4.19.